The fourth-order valence-corrected chi connectivity index (χ4v) is 2.46. The minimum absolute atomic E-state index is 0.106. The smallest absolute Gasteiger partial charge is 0.272 e. The van der Waals surface area contributed by atoms with Crippen LogP contribution in [0, 0.1) is 0 Å². The highest BCUT2D eigenvalue weighted by Gasteiger charge is 2.16. The van der Waals surface area contributed by atoms with Gasteiger partial charge in [0, 0.05) is 28.0 Å². The van der Waals surface area contributed by atoms with Crippen LogP contribution in [0.4, 0.5) is 5.69 Å². The summed E-state index contributed by atoms with van der Waals surface area (Å²) in [4.78, 5) is 12.4. The van der Waals surface area contributed by atoms with Crippen molar-refractivity contribution < 1.29 is 9.90 Å². The molecule has 0 radical (unpaired) electrons. The average molecular weight is 337 g/mol. The summed E-state index contributed by atoms with van der Waals surface area (Å²) in [7, 11) is 0. The molecule has 4 nitrogen and oxygen atoms in total. The number of amides is 1. The van der Waals surface area contributed by atoms with Crippen LogP contribution < -0.4 is 5.32 Å². The Morgan fingerprint density at radius 1 is 1.40 bits per heavy atom. The van der Waals surface area contributed by atoms with Gasteiger partial charge in [-0.25, -0.2) is 0 Å². The van der Waals surface area contributed by atoms with E-state index >= 15 is 0 Å². The number of hydrogen-bond acceptors (Lipinski definition) is 2. The standard InChI is InChI=1S/C15H17BrN2O2/c1-10(2)18-8-12(16)7-14(18)15(20)17-13-6-4-3-5-11(13)9-19/h3-8,10,19H,9H2,1-2H3,(H,17,20). The molecule has 0 saturated carbocycles. The van der Waals surface area contributed by atoms with Crippen molar-refractivity contribution >= 4 is 27.5 Å². The van der Waals surface area contributed by atoms with E-state index < -0.39 is 0 Å². The van der Waals surface area contributed by atoms with E-state index in [1.54, 1.807) is 18.2 Å². The number of para-hydroxylation sites is 1. The number of nitrogens with one attached hydrogen (secondary N) is 1. The zero-order valence-electron chi connectivity index (χ0n) is 11.4. The molecule has 1 aromatic carbocycles. The Hall–Kier alpha value is -1.59. The second-order valence-corrected chi connectivity index (χ2v) is 5.73. The maximum Gasteiger partial charge on any atom is 0.272 e. The van der Waals surface area contributed by atoms with Crippen LogP contribution in [0.3, 0.4) is 0 Å². The zero-order chi connectivity index (χ0) is 14.7. The number of carbonyl (C=O) groups is 1. The highest BCUT2D eigenvalue weighted by molar-refractivity contribution is 9.10. The predicted molar refractivity (Wildman–Crippen MR) is 82.8 cm³/mol. The molecule has 2 rings (SSSR count). The fraction of sp³-hybridized carbons (Fsp3) is 0.267. The molecule has 1 aromatic heterocycles. The third-order valence-corrected chi connectivity index (χ3v) is 3.47. The van der Waals surface area contributed by atoms with Crippen molar-refractivity contribution in [2.75, 3.05) is 5.32 Å². The van der Waals surface area contributed by atoms with Crippen molar-refractivity contribution in [3.8, 4) is 0 Å². The number of aliphatic hydroxyl groups is 1. The van der Waals surface area contributed by atoms with E-state index in [-0.39, 0.29) is 18.6 Å². The Morgan fingerprint density at radius 2 is 2.10 bits per heavy atom. The molecule has 0 aliphatic rings. The highest BCUT2D eigenvalue weighted by Crippen LogP contribution is 2.21. The lowest BCUT2D eigenvalue weighted by molar-refractivity contribution is 0.101. The van der Waals surface area contributed by atoms with Gasteiger partial charge in [0.15, 0.2) is 0 Å². The molecule has 20 heavy (non-hydrogen) atoms. The van der Waals surface area contributed by atoms with E-state index in [1.165, 1.54) is 0 Å². The van der Waals surface area contributed by atoms with Gasteiger partial charge in [-0.2, -0.15) is 0 Å². The third-order valence-electron chi connectivity index (χ3n) is 3.04. The van der Waals surface area contributed by atoms with Crippen LogP contribution in [0.5, 0.6) is 0 Å². The molecule has 2 N–H and O–H groups in total. The Morgan fingerprint density at radius 3 is 2.75 bits per heavy atom. The van der Waals surface area contributed by atoms with Gasteiger partial charge in [0.05, 0.1) is 6.61 Å². The number of nitrogens with zero attached hydrogens (tertiary/aromatic N) is 1. The Kier molecular flexibility index (Phi) is 4.62. The van der Waals surface area contributed by atoms with Gasteiger partial charge >= 0.3 is 0 Å². The van der Waals surface area contributed by atoms with Crippen LogP contribution in [0.1, 0.15) is 35.9 Å². The van der Waals surface area contributed by atoms with E-state index in [4.69, 9.17) is 0 Å². The average Bonchev–Trinajstić information content (AvgIpc) is 2.82. The maximum atomic E-state index is 12.4. The van der Waals surface area contributed by atoms with Crippen molar-refractivity contribution in [1.82, 2.24) is 4.57 Å². The van der Waals surface area contributed by atoms with Crippen LogP contribution in [0.2, 0.25) is 0 Å². The SMILES string of the molecule is CC(C)n1cc(Br)cc1C(=O)Nc1ccccc1CO. The summed E-state index contributed by atoms with van der Waals surface area (Å²) in [6, 6.07) is 9.20. The van der Waals surface area contributed by atoms with Gasteiger partial charge in [0.25, 0.3) is 5.91 Å². The molecule has 0 saturated heterocycles. The number of rotatable bonds is 4. The van der Waals surface area contributed by atoms with Crippen LogP contribution in [-0.4, -0.2) is 15.6 Å². The molecule has 1 amide bonds. The summed E-state index contributed by atoms with van der Waals surface area (Å²) < 4.78 is 2.77. The predicted octanol–water partition coefficient (Wildman–Crippen LogP) is 3.58. The summed E-state index contributed by atoms with van der Waals surface area (Å²) in [6.45, 7) is 3.93. The summed E-state index contributed by atoms with van der Waals surface area (Å²) in [6.07, 6.45) is 1.89. The molecule has 106 valence electrons. The monoisotopic (exact) mass is 336 g/mol. The van der Waals surface area contributed by atoms with Gasteiger partial charge in [-0.15, -0.1) is 0 Å². The van der Waals surface area contributed by atoms with E-state index in [2.05, 4.69) is 21.2 Å². The van der Waals surface area contributed by atoms with Crippen molar-refractivity contribution in [1.29, 1.82) is 0 Å². The molecule has 0 aliphatic carbocycles. The van der Waals surface area contributed by atoms with Gasteiger partial charge in [0.2, 0.25) is 0 Å². The van der Waals surface area contributed by atoms with Crippen LogP contribution in [0.25, 0.3) is 0 Å². The first-order valence-electron chi connectivity index (χ1n) is 6.40. The molecule has 2 aromatic rings. The van der Waals surface area contributed by atoms with Gasteiger partial charge in [-0.1, -0.05) is 18.2 Å². The van der Waals surface area contributed by atoms with Crippen molar-refractivity contribution in [2.24, 2.45) is 0 Å². The second kappa shape index (κ2) is 6.24. The number of hydrogen-bond donors (Lipinski definition) is 2. The fourth-order valence-electron chi connectivity index (χ4n) is 2.02. The third kappa shape index (κ3) is 3.11. The molecule has 0 unspecified atom stereocenters. The van der Waals surface area contributed by atoms with Crippen LogP contribution in [0.15, 0.2) is 41.0 Å². The zero-order valence-corrected chi connectivity index (χ0v) is 13.0. The quantitative estimate of drug-likeness (QED) is 0.896. The number of anilines is 1. The number of aromatic nitrogens is 1. The normalized spacial score (nSPS) is 10.8. The van der Waals surface area contributed by atoms with E-state index in [0.717, 1.165) is 4.47 Å². The Balaban J connectivity index is 2.28. The summed E-state index contributed by atoms with van der Waals surface area (Å²) in [5.74, 6) is -0.190. The summed E-state index contributed by atoms with van der Waals surface area (Å²) in [5.41, 5.74) is 1.91. The van der Waals surface area contributed by atoms with Crippen molar-refractivity contribution in [3.05, 3.63) is 52.3 Å². The molecule has 0 aliphatic heterocycles. The highest BCUT2D eigenvalue weighted by atomic mass is 79.9. The first-order chi connectivity index (χ1) is 9.52. The molecule has 0 atom stereocenters. The van der Waals surface area contributed by atoms with Gasteiger partial charge in [-0.05, 0) is 41.9 Å². The topological polar surface area (TPSA) is 54.3 Å². The molecule has 1 heterocycles. The van der Waals surface area contributed by atoms with Crippen LogP contribution >= 0.6 is 15.9 Å². The lowest BCUT2D eigenvalue weighted by Gasteiger charge is -2.14. The van der Waals surface area contributed by atoms with Gasteiger partial charge in [-0.3, -0.25) is 4.79 Å². The minimum Gasteiger partial charge on any atom is -0.392 e. The van der Waals surface area contributed by atoms with Gasteiger partial charge < -0.3 is 15.0 Å². The largest absolute Gasteiger partial charge is 0.392 e. The van der Waals surface area contributed by atoms with E-state index in [0.29, 0.717) is 16.9 Å². The van der Waals surface area contributed by atoms with E-state index in [1.807, 2.05) is 36.7 Å². The second-order valence-electron chi connectivity index (χ2n) is 4.81. The van der Waals surface area contributed by atoms with E-state index in [9.17, 15) is 9.90 Å². The number of carbonyl (C=O) groups excluding carboxylic acids is 1. The number of benzene rings is 1. The molecule has 5 heteroatoms. The first kappa shape index (κ1) is 14.8. The molecular formula is C15H17BrN2O2. The molecule has 0 fully saturated rings. The van der Waals surface area contributed by atoms with Gasteiger partial charge in [0.1, 0.15) is 5.69 Å². The van der Waals surface area contributed by atoms with Crippen molar-refractivity contribution in [2.45, 2.75) is 26.5 Å². The lowest BCUT2D eigenvalue weighted by Crippen LogP contribution is -2.18. The maximum absolute atomic E-state index is 12.4. The number of halogens is 1. The number of aliphatic hydroxyl groups excluding tert-OH is 1. The summed E-state index contributed by atoms with van der Waals surface area (Å²) in [5, 5.41) is 12.1. The Labute approximate surface area is 126 Å². The molecule has 0 bridgehead atoms. The Bertz CT molecular complexity index is 620. The van der Waals surface area contributed by atoms with Crippen LogP contribution in [-0.2, 0) is 6.61 Å². The molecular weight excluding hydrogens is 320 g/mol. The molecule has 0 spiro atoms. The lowest BCUT2D eigenvalue weighted by atomic mass is 10.2. The summed E-state index contributed by atoms with van der Waals surface area (Å²) >= 11 is 3.39. The van der Waals surface area contributed by atoms with Crippen molar-refractivity contribution in [3.63, 3.8) is 0 Å². The first-order valence-corrected chi connectivity index (χ1v) is 7.19. The minimum atomic E-state index is -0.190.